The lowest BCUT2D eigenvalue weighted by Crippen LogP contribution is -2.69. The molecule has 0 aromatic heterocycles. The molecule has 1 aromatic carbocycles. The highest BCUT2D eigenvalue weighted by Gasteiger charge is 2.72. The molecular formula is C32H36O15. The minimum atomic E-state index is -2.05. The average molecular weight is 661 g/mol. The lowest BCUT2D eigenvalue weighted by molar-refractivity contribution is -0.184. The molecule has 15 heteroatoms. The van der Waals surface area contributed by atoms with Gasteiger partial charge in [-0.3, -0.25) is 14.4 Å². The monoisotopic (exact) mass is 660 g/mol. The summed E-state index contributed by atoms with van der Waals surface area (Å²) in [6.45, 7) is 4.12. The standard InChI is InChI=1S/C32H36O15/c1-14-7-9-31-25-17-5-6-19(42-4)26(25)47-27(31)20(8-10-32(31,41)18(14)11-17)45-24(36)13-22(44-16(3)33)30(40)43-15(2)29(39)46-21(28(37)38)12-23(34)35/h5-6,8,14-15,18,21-22,27,41H,7,9-13H2,1-4H3,(H,34,35)(H,37,38)/t14?,15-,18-,21+,22-,27-,31-,32+/m0/s1. The van der Waals surface area contributed by atoms with Crippen LogP contribution in [0.1, 0.15) is 64.0 Å². The molecule has 1 heterocycles. The van der Waals surface area contributed by atoms with Crippen LogP contribution in [0.2, 0.25) is 0 Å². The van der Waals surface area contributed by atoms with Gasteiger partial charge in [0.25, 0.3) is 0 Å². The van der Waals surface area contributed by atoms with Gasteiger partial charge in [0, 0.05) is 12.5 Å². The number of carbonyl (C=O) groups excluding carboxylic acids is 4. The first-order chi connectivity index (χ1) is 22.1. The van der Waals surface area contributed by atoms with Crippen LogP contribution in [0.15, 0.2) is 24.0 Å². The highest BCUT2D eigenvalue weighted by Crippen LogP contribution is 2.68. The smallest absolute Gasteiger partial charge is 0.348 e. The molecule has 15 nitrogen and oxygen atoms in total. The molecule has 1 aliphatic heterocycles. The van der Waals surface area contributed by atoms with E-state index in [1.54, 1.807) is 6.08 Å². The summed E-state index contributed by atoms with van der Waals surface area (Å²) in [6.07, 6.45) is -4.66. The van der Waals surface area contributed by atoms with E-state index < -0.39 is 84.1 Å². The fourth-order valence-corrected chi connectivity index (χ4v) is 7.53. The Morgan fingerprint density at radius 1 is 1.02 bits per heavy atom. The molecule has 1 fully saturated rings. The molecule has 0 saturated heterocycles. The summed E-state index contributed by atoms with van der Waals surface area (Å²) in [6, 6.07) is 3.78. The number of carbonyl (C=O) groups is 6. The van der Waals surface area contributed by atoms with Crippen LogP contribution in [-0.2, 0) is 59.6 Å². The van der Waals surface area contributed by atoms with E-state index in [4.69, 9.17) is 33.9 Å². The number of aliphatic carboxylic acids is 2. The summed E-state index contributed by atoms with van der Waals surface area (Å²) < 4.78 is 32.4. The van der Waals surface area contributed by atoms with Crippen molar-refractivity contribution in [1.29, 1.82) is 0 Å². The molecule has 8 atom stereocenters. The molecule has 0 radical (unpaired) electrons. The van der Waals surface area contributed by atoms with Crippen molar-refractivity contribution in [2.45, 2.75) is 94.7 Å². The Morgan fingerprint density at radius 2 is 1.74 bits per heavy atom. The van der Waals surface area contributed by atoms with Gasteiger partial charge in [-0.1, -0.05) is 13.0 Å². The van der Waals surface area contributed by atoms with Gasteiger partial charge in [0.05, 0.1) is 31.0 Å². The molecule has 4 aliphatic rings. The number of hydrogen-bond acceptors (Lipinski definition) is 13. The van der Waals surface area contributed by atoms with Gasteiger partial charge in [0.15, 0.2) is 23.7 Å². The van der Waals surface area contributed by atoms with Gasteiger partial charge in [-0.2, -0.15) is 0 Å². The van der Waals surface area contributed by atoms with Gasteiger partial charge in [0.1, 0.15) is 5.76 Å². The van der Waals surface area contributed by atoms with Crippen molar-refractivity contribution in [2.24, 2.45) is 11.8 Å². The Morgan fingerprint density at radius 3 is 2.38 bits per heavy atom. The first kappa shape index (κ1) is 33.7. The minimum Gasteiger partial charge on any atom is -0.493 e. The van der Waals surface area contributed by atoms with E-state index in [1.807, 2.05) is 12.1 Å². The second kappa shape index (κ2) is 12.5. The Balaban J connectivity index is 1.33. The summed E-state index contributed by atoms with van der Waals surface area (Å²) in [5.74, 6) is -6.75. The van der Waals surface area contributed by atoms with Gasteiger partial charge < -0.3 is 43.7 Å². The number of ether oxygens (including phenoxy) is 6. The number of methoxy groups -OCH3 is 1. The first-order valence-corrected chi connectivity index (χ1v) is 15.2. The van der Waals surface area contributed by atoms with Gasteiger partial charge in [-0.25, -0.2) is 14.4 Å². The molecular weight excluding hydrogens is 624 g/mol. The van der Waals surface area contributed by atoms with E-state index in [9.17, 15) is 33.9 Å². The summed E-state index contributed by atoms with van der Waals surface area (Å²) in [7, 11) is 1.51. The van der Waals surface area contributed by atoms with Crippen molar-refractivity contribution in [2.75, 3.05) is 7.11 Å². The number of aliphatic hydroxyl groups is 1. The lowest BCUT2D eigenvalue weighted by Gasteiger charge is -2.61. The molecule has 1 spiro atoms. The molecule has 2 bridgehead atoms. The highest BCUT2D eigenvalue weighted by atomic mass is 16.6. The van der Waals surface area contributed by atoms with Crippen LogP contribution in [-0.4, -0.2) is 88.3 Å². The van der Waals surface area contributed by atoms with Crippen LogP contribution in [0, 0.1) is 11.8 Å². The number of benzene rings is 1. The van der Waals surface area contributed by atoms with Gasteiger partial charge >= 0.3 is 35.8 Å². The maximum Gasteiger partial charge on any atom is 0.348 e. The minimum absolute atomic E-state index is 0.0746. The van der Waals surface area contributed by atoms with E-state index in [-0.39, 0.29) is 24.0 Å². The topological polar surface area (TPSA) is 218 Å². The van der Waals surface area contributed by atoms with Gasteiger partial charge in [-0.15, -0.1) is 0 Å². The van der Waals surface area contributed by atoms with Gasteiger partial charge in [-0.05, 0) is 62.1 Å². The SMILES string of the molecule is COc1ccc2c3c1O[C@H]1C(OC(=O)C[C@H](OC(C)=O)C(=O)O[C@@H](C)C(=O)O[C@H](CC(=O)O)C(=O)O)=CC[C@@]4(O)[C@@H](C2)C(C)CC[C@]314. The molecule has 0 amide bonds. The summed E-state index contributed by atoms with van der Waals surface area (Å²) in [4.78, 5) is 72.4. The van der Waals surface area contributed by atoms with E-state index in [1.165, 1.54) is 7.11 Å². The molecule has 1 aromatic rings. The zero-order chi connectivity index (χ0) is 34.4. The summed E-state index contributed by atoms with van der Waals surface area (Å²) in [5.41, 5.74) is -0.246. The number of esters is 4. The highest BCUT2D eigenvalue weighted by molar-refractivity contribution is 5.88. The molecule has 5 rings (SSSR count). The van der Waals surface area contributed by atoms with E-state index in [2.05, 4.69) is 11.7 Å². The number of rotatable bonds is 12. The van der Waals surface area contributed by atoms with E-state index >= 15 is 0 Å². The lowest BCUT2D eigenvalue weighted by atomic mass is 9.45. The first-order valence-electron chi connectivity index (χ1n) is 15.2. The predicted molar refractivity (Wildman–Crippen MR) is 154 cm³/mol. The second-order valence-corrected chi connectivity index (χ2v) is 12.4. The van der Waals surface area contributed by atoms with Gasteiger partial charge in [0.2, 0.25) is 12.2 Å². The van der Waals surface area contributed by atoms with Crippen molar-refractivity contribution in [3.63, 3.8) is 0 Å². The Labute approximate surface area is 268 Å². The Bertz CT molecular complexity index is 1550. The maximum absolute atomic E-state index is 13.3. The van der Waals surface area contributed by atoms with E-state index in [0.29, 0.717) is 24.3 Å². The fourth-order valence-electron chi connectivity index (χ4n) is 7.53. The fraction of sp³-hybridized carbons (Fsp3) is 0.562. The zero-order valence-electron chi connectivity index (χ0n) is 26.2. The summed E-state index contributed by atoms with van der Waals surface area (Å²) in [5, 5.41) is 30.3. The third-order valence-electron chi connectivity index (χ3n) is 9.61. The van der Waals surface area contributed by atoms with Crippen molar-refractivity contribution >= 4 is 35.8 Å². The molecule has 1 unspecified atom stereocenters. The second-order valence-electron chi connectivity index (χ2n) is 12.4. The number of hydrogen-bond donors (Lipinski definition) is 3. The molecule has 47 heavy (non-hydrogen) atoms. The quantitative estimate of drug-likeness (QED) is 0.214. The maximum atomic E-state index is 13.3. The van der Waals surface area contributed by atoms with Crippen LogP contribution < -0.4 is 9.47 Å². The number of carboxylic acid groups (broad SMARTS) is 2. The molecule has 3 aliphatic carbocycles. The predicted octanol–water partition coefficient (Wildman–Crippen LogP) is 1.58. The summed E-state index contributed by atoms with van der Waals surface area (Å²) >= 11 is 0. The van der Waals surface area contributed by atoms with E-state index in [0.717, 1.165) is 31.4 Å². The zero-order valence-corrected chi connectivity index (χ0v) is 26.2. The average Bonchev–Trinajstić information content (AvgIpc) is 3.35. The number of carboxylic acids is 2. The Hall–Kier alpha value is -4.66. The molecule has 254 valence electrons. The van der Waals surface area contributed by atoms with Crippen LogP contribution in [0.3, 0.4) is 0 Å². The molecule has 3 N–H and O–H groups in total. The third-order valence-corrected chi connectivity index (χ3v) is 9.61. The van der Waals surface area contributed by atoms with Crippen molar-refractivity contribution < 1.29 is 72.5 Å². The molecule has 1 saturated carbocycles. The van der Waals surface area contributed by atoms with Crippen LogP contribution in [0.5, 0.6) is 11.5 Å². The van der Waals surface area contributed by atoms with Crippen LogP contribution in [0.25, 0.3) is 0 Å². The third kappa shape index (κ3) is 5.77. The van der Waals surface area contributed by atoms with Crippen LogP contribution >= 0.6 is 0 Å². The van der Waals surface area contributed by atoms with Crippen molar-refractivity contribution in [3.8, 4) is 11.5 Å². The van der Waals surface area contributed by atoms with Crippen molar-refractivity contribution in [1.82, 2.24) is 0 Å². The Kier molecular flexibility index (Phi) is 8.97. The van der Waals surface area contributed by atoms with Crippen LogP contribution in [0.4, 0.5) is 0 Å². The largest absolute Gasteiger partial charge is 0.493 e. The normalized spacial score (nSPS) is 28.2. The van der Waals surface area contributed by atoms with Crippen molar-refractivity contribution in [3.05, 3.63) is 35.1 Å².